The molecular weight excluding hydrogens is 292 g/mol. The number of nitrogens with zero attached hydrogens (tertiary/aromatic N) is 3. The third kappa shape index (κ3) is 2.66. The molecule has 0 saturated heterocycles. The summed E-state index contributed by atoms with van der Waals surface area (Å²) in [5.41, 5.74) is 7.80. The van der Waals surface area contributed by atoms with Gasteiger partial charge in [0.2, 0.25) is 0 Å². The van der Waals surface area contributed by atoms with Gasteiger partial charge in [-0.25, -0.2) is 9.97 Å². The van der Waals surface area contributed by atoms with Crippen LogP contribution < -0.4 is 5.73 Å². The molecule has 1 heterocycles. The number of benzene rings is 1. The number of nitrogens with two attached hydrogens (primary N) is 1. The summed E-state index contributed by atoms with van der Waals surface area (Å²) >= 11 is 3.42. The Balaban J connectivity index is 2.34. The second-order valence-corrected chi connectivity index (χ2v) is 4.82. The van der Waals surface area contributed by atoms with Gasteiger partial charge in [-0.3, -0.25) is 0 Å². The van der Waals surface area contributed by atoms with Crippen molar-refractivity contribution < 1.29 is 0 Å². The summed E-state index contributed by atoms with van der Waals surface area (Å²) in [4.78, 5) is 8.46. The first-order valence-electron chi connectivity index (χ1n) is 5.37. The van der Waals surface area contributed by atoms with Crippen molar-refractivity contribution in [1.29, 1.82) is 5.26 Å². The monoisotopic (exact) mass is 302 g/mol. The lowest BCUT2D eigenvalue weighted by Gasteiger charge is -2.05. The summed E-state index contributed by atoms with van der Waals surface area (Å²) in [6.45, 7) is 1.76. The third-order valence-electron chi connectivity index (χ3n) is 2.53. The fourth-order valence-corrected chi connectivity index (χ4v) is 2.15. The Bertz CT molecular complexity index is 608. The molecule has 0 amide bonds. The number of hydrogen-bond donors (Lipinski definition) is 1. The van der Waals surface area contributed by atoms with Gasteiger partial charge >= 0.3 is 0 Å². The van der Waals surface area contributed by atoms with Crippen molar-refractivity contribution in [1.82, 2.24) is 9.97 Å². The molecule has 0 aliphatic heterocycles. The van der Waals surface area contributed by atoms with Crippen LogP contribution in [-0.2, 0) is 6.42 Å². The van der Waals surface area contributed by atoms with E-state index < -0.39 is 0 Å². The van der Waals surface area contributed by atoms with E-state index in [4.69, 9.17) is 11.0 Å². The maximum Gasteiger partial charge on any atom is 0.145 e. The summed E-state index contributed by atoms with van der Waals surface area (Å²) in [6.07, 6.45) is 0.593. The standard InChI is InChI=1S/C13H11BrN4/c1-8-11(7-15)13(16)18-12(17-8)6-9-3-2-4-10(14)5-9/h2-5H,6H2,1H3,(H2,16,17,18). The Morgan fingerprint density at radius 2 is 2.17 bits per heavy atom. The van der Waals surface area contributed by atoms with Gasteiger partial charge in [0.15, 0.2) is 0 Å². The first kappa shape index (κ1) is 12.5. The molecule has 0 atom stereocenters. The van der Waals surface area contributed by atoms with Crippen LogP contribution in [0.15, 0.2) is 28.7 Å². The summed E-state index contributed by atoms with van der Waals surface area (Å²) in [7, 11) is 0. The minimum absolute atomic E-state index is 0.245. The molecular formula is C13H11BrN4. The Morgan fingerprint density at radius 1 is 1.39 bits per heavy atom. The molecule has 0 bridgehead atoms. The summed E-state index contributed by atoms with van der Waals surface area (Å²) < 4.78 is 1.01. The number of hydrogen-bond acceptors (Lipinski definition) is 4. The molecule has 4 nitrogen and oxygen atoms in total. The molecule has 0 saturated carbocycles. The maximum atomic E-state index is 8.90. The fourth-order valence-electron chi connectivity index (χ4n) is 1.70. The van der Waals surface area contributed by atoms with Crippen molar-refractivity contribution in [3.63, 3.8) is 0 Å². The molecule has 0 aliphatic carbocycles. The van der Waals surface area contributed by atoms with Crippen molar-refractivity contribution in [2.75, 3.05) is 5.73 Å². The van der Waals surface area contributed by atoms with Crippen molar-refractivity contribution in [3.8, 4) is 6.07 Å². The number of nitrogen functional groups attached to an aromatic ring is 1. The fraction of sp³-hybridized carbons (Fsp3) is 0.154. The second-order valence-electron chi connectivity index (χ2n) is 3.90. The van der Waals surface area contributed by atoms with Crippen LogP contribution in [0.25, 0.3) is 0 Å². The molecule has 90 valence electrons. The third-order valence-corrected chi connectivity index (χ3v) is 3.02. The van der Waals surface area contributed by atoms with Crippen molar-refractivity contribution in [3.05, 3.63) is 51.4 Å². The average Bonchev–Trinajstić information content (AvgIpc) is 2.28. The molecule has 0 radical (unpaired) electrons. The molecule has 0 aliphatic rings. The first-order chi connectivity index (χ1) is 8.60. The predicted octanol–water partition coefficient (Wildman–Crippen LogP) is 2.59. The molecule has 18 heavy (non-hydrogen) atoms. The minimum Gasteiger partial charge on any atom is -0.382 e. The van der Waals surface area contributed by atoms with Gasteiger partial charge in [-0.1, -0.05) is 28.1 Å². The Hall–Kier alpha value is -1.93. The minimum atomic E-state index is 0.245. The van der Waals surface area contributed by atoms with Crippen LogP contribution in [0.2, 0.25) is 0 Å². The van der Waals surface area contributed by atoms with E-state index in [1.54, 1.807) is 6.92 Å². The zero-order valence-electron chi connectivity index (χ0n) is 9.81. The van der Waals surface area contributed by atoms with E-state index in [9.17, 15) is 0 Å². The lowest BCUT2D eigenvalue weighted by Crippen LogP contribution is -2.06. The number of rotatable bonds is 2. The SMILES string of the molecule is Cc1nc(Cc2cccc(Br)c2)nc(N)c1C#N. The maximum absolute atomic E-state index is 8.90. The van der Waals surface area contributed by atoms with Crippen LogP contribution in [0.5, 0.6) is 0 Å². The van der Waals surface area contributed by atoms with Crippen molar-refractivity contribution in [2.45, 2.75) is 13.3 Å². The highest BCUT2D eigenvalue weighted by molar-refractivity contribution is 9.10. The molecule has 0 fully saturated rings. The van der Waals surface area contributed by atoms with Crippen LogP contribution in [0.3, 0.4) is 0 Å². The first-order valence-corrected chi connectivity index (χ1v) is 6.17. The summed E-state index contributed by atoms with van der Waals surface area (Å²) in [5, 5.41) is 8.90. The van der Waals surface area contributed by atoms with Gasteiger partial charge in [-0.2, -0.15) is 5.26 Å². The summed E-state index contributed by atoms with van der Waals surface area (Å²) in [6, 6.07) is 9.93. The molecule has 5 heteroatoms. The van der Waals surface area contributed by atoms with Gasteiger partial charge in [0.05, 0.1) is 5.69 Å². The number of aromatic nitrogens is 2. The number of aryl methyl sites for hydroxylation is 1. The smallest absolute Gasteiger partial charge is 0.145 e. The number of halogens is 1. The molecule has 1 aromatic heterocycles. The van der Waals surface area contributed by atoms with Gasteiger partial charge in [0.1, 0.15) is 23.3 Å². The van der Waals surface area contributed by atoms with Crippen LogP contribution in [-0.4, -0.2) is 9.97 Å². The molecule has 2 aromatic rings. The number of nitriles is 1. The number of anilines is 1. The molecule has 1 aromatic carbocycles. The molecule has 0 spiro atoms. The van der Waals surface area contributed by atoms with Crippen LogP contribution in [0.4, 0.5) is 5.82 Å². The quantitative estimate of drug-likeness (QED) is 0.925. The Kier molecular flexibility index (Phi) is 3.58. The highest BCUT2D eigenvalue weighted by atomic mass is 79.9. The Morgan fingerprint density at radius 3 is 2.78 bits per heavy atom. The largest absolute Gasteiger partial charge is 0.382 e. The lowest BCUT2D eigenvalue weighted by atomic mass is 10.1. The van der Waals surface area contributed by atoms with Gasteiger partial charge < -0.3 is 5.73 Å². The highest BCUT2D eigenvalue weighted by Gasteiger charge is 2.09. The Labute approximate surface area is 114 Å². The van der Waals surface area contributed by atoms with E-state index in [-0.39, 0.29) is 5.82 Å². The lowest BCUT2D eigenvalue weighted by molar-refractivity contribution is 0.942. The topological polar surface area (TPSA) is 75.6 Å². The van der Waals surface area contributed by atoms with E-state index in [0.29, 0.717) is 23.5 Å². The van der Waals surface area contributed by atoms with Crippen LogP contribution in [0.1, 0.15) is 22.6 Å². The average molecular weight is 303 g/mol. The van der Waals surface area contributed by atoms with Crippen LogP contribution in [0, 0.1) is 18.3 Å². The van der Waals surface area contributed by atoms with Gasteiger partial charge in [-0.05, 0) is 24.6 Å². The normalized spacial score (nSPS) is 10.1. The van der Waals surface area contributed by atoms with Gasteiger partial charge in [0, 0.05) is 10.9 Å². The van der Waals surface area contributed by atoms with E-state index in [1.165, 1.54) is 0 Å². The molecule has 0 unspecified atom stereocenters. The predicted molar refractivity (Wildman–Crippen MR) is 72.8 cm³/mol. The van der Waals surface area contributed by atoms with Crippen molar-refractivity contribution in [2.24, 2.45) is 0 Å². The zero-order valence-corrected chi connectivity index (χ0v) is 11.4. The summed E-state index contributed by atoms with van der Waals surface area (Å²) in [5.74, 6) is 0.872. The van der Waals surface area contributed by atoms with Gasteiger partial charge in [0.25, 0.3) is 0 Å². The second kappa shape index (κ2) is 5.15. The molecule has 2 N–H and O–H groups in total. The van der Waals surface area contributed by atoms with Gasteiger partial charge in [-0.15, -0.1) is 0 Å². The molecule has 2 rings (SSSR count). The van der Waals surface area contributed by atoms with E-state index >= 15 is 0 Å². The van der Waals surface area contributed by atoms with Crippen LogP contribution >= 0.6 is 15.9 Å². The highest BCUT2D eigenvalue weighted by Crippen LogP contribution is 2.16. The van der Waals surface area contributed by atoms with E-state index in [2.05, 4.69) is 25.9 Å². The van der Waals surface area contributed by atoms with Crippen molar-refractivity contribution >= 4 is 21.7 Å². The van der Waals surface area contributed by atoms with E-state index in [0.717, 1.165) is 10.0 Å². The van der Waals surface area contributed by atoms with E-state index in [1.807, 2.05) is 30.3 Å². The zero-order chi connectivity index (χ0) is 13.1.